The van der Waals surface area contributed by atoms with E-state index >= 15 is 0 Å². The Bertz CT molecular complexity index is 796. The fraction of sp³-hybridized carbons (Fsp3) is 0.526. The van der Waals surface area contributed by atoms with Crippen LogP contribution in [0.15, 0.2) is 0 Å². The summed E-state index contributed by atoms with van der Waals surface area (Å²) >= 11 is 6.27. The van der Waals surface area contributed by atoms with Crippen molar-refractivity contribution in [3.05, 3.63) is 16.3 Å². The fourth-order valence-electron chi connectivity index (χ4n) is 2.89. The Morgan fingerprint density at radius 3 is 1.83 bits per heavy atom. The lowest BCUT2D eigenvalue weighted by atomic mass is 10.1. The predicted octanol–water partition coefficient (Wildman–Crippen LogP) is 2.95. The van der Waals surface area contributed by atoms with Crippen molar-refractivity contribution in [1.82, 2.24) is 4.90 Å². The molecule has 0 atom stereocenters. The Labute approximate surface area is 217 Å². The normalized spacial score (nSPS) is 14.4. The first-order valence-corrected chi connectivity index (χ1v) is 12.5. The average molecular weight is 755 g/mol. The molecule has 1 aromatic carbocycles. The number of halogens is 3. The van der Waals surface area contributed by atoms with E-state index in [4.69, 9.17) is 9.47 Å². The fourth-order valence-corrected chi connectivity index (χ4v) is 7.94. The molecule has 11 heteroatoms. The molecule has 0 spiro atoms. The molecule has 166 valence electrons. The van der Waals surface area contributed by atoms with Crippen molar-refractivity contribution in [2.45, 2.75) is 13.8 Å². The summed E-state index contributed by atoms with van der Waals surface area (Å²) in [6, 6.07) is 0. The van der Waals surface area contributed by atoms with Crippen molar-refractivity contribution in [2.24, 2.45) is 0 Å². The van der Waals surface area contributed by atoms with Crippen LogP contribution in [-0.4, -0.2) is 76.2 Å². The monoisotopic (exact) mass is 755 g/mol. The van der Waals surface area contributed by atoms with Crippen LogP contribution in [0.25, 0.3) is 0 Å². The Balaban J connectivity index is 2.42. The van der Waals surface area contributed by atoms with Gasteiger partial charge in [-0.15, -0.1) is 0 Å². The number of anilines is 2. The molecular formula is C19H24I3N3O5. The molecule has 0 saturated carbocycles. The maximum absolute atomic E-state index is 13.0. The molecule has 0 aromatic heterocycles. The van der Waals surface area contributed by atoms with Gasteiger partial charge >= 0.3 is 5.97 Å². The molecule has 1 fully saturated rings. The first-order valence-electron chi connectivity index (χ1n) is 9.24. The molecule has 2 amide bonds. The van der Waals surface area contributed by atoms with Gasteiger partial charge in [0.2, 0.25) is 11.8 Å². The second kappa shape index (κ2) is 11.6. The van der Waals surface area contributed by atoms with E-state index in [0.717, 1.165) is 16.7 Å². The van der Waals surface area contributed by atoms with Crippen LogP contribution in [-0.2, 0) is 19.1 Å². The molecular weight excluding hydrogens is 731 g/mol. The maximum Gasteiger partial charge on any atom is 0.340 e. The van der Waals surface area contributed by atoms with Crippen LogP contribution in [0.1, 0.15) is 24.2 Å². The zero-order chi connectivity index (χ0) is 22.6. The van der Waals surface area contributed by atoms with Gasteiger partial charge in [-0.05, 0) is 67.8 Å². The Kier molecular flexibility index (Phi) is 10.0. The van der Waals surface area contributed by atoms with Gasteiger partial charge in [-0.1, -0.05) is 0 Å². The third-order valence-corrected chi connectivity index (χ3v) is 7.96. The van der Waals surface area contributed by atoms with E-state index in [1.807, 2.05) is 0 Å². The van der Waals surface area contributed by atoms with E-state index in [1.165, 1.54) is 23.6 Å². The molecule has 1 aromatic rings. The van der Waals surface area contributed by atoms with E-state index in [0.29, 0.717) is 43.8 Å². The van der Waals surface area contributed by atoms with Gasteiger partial charge in [0.05, 0.1) is 40.9 Å². The van der Waals surface area contributed by atoms with Crippen LogP contribution in [0.3, 0.4) is 0 Å². The summed E-state index contributed by atoms with van der Waals surface area (Å²) in [5.41, 5.74) is 1.55. The van der Waals surface area contributed by atoms with Crippen molar-refractivity contribution in [2.75, 3.05) is 63.4 Å². The molecule has 1 saturated heterocycles. The molecule has 0 N–H and O–H groups in total. The average Bonchev–Trinajstić information content (AvgIpc) is 2.68. The van der Waals surface area contributed by atoms with E-state index in [-0.39, 0.29) is 18.4 Å². The molecule has 8 nitrogen and oxygen atoms in total. The maximum atomic E-state index is 13.0. The van der Waals surface area contributed by atoms with Crippen molar-refractivity contribution in [3.8, 4) is 0 Å². The summed E-state index contributed by atoms with van der Waals surface area (Å²) in [7, 11) is 3.31. The minimum Gasteiger partial charge on any atom is -0.461 e. The number of benzene rings is 1. The lowest BCUT2D eigenvalue weighted by Crippen LogP contribution is -2.38. The lowest BCUT2D eigenvalue weighted by molar-refractivity contribution is -0.117. The summed E-state index contributed by atoms with van der Waals surface area (Å²) in [5, 5.41) is 0. The molecule has 0 bridgehead atoms. The summed E-state index contributed by atoms with van der Waals surface area (Å²) in [4.78, 5) is 42.4. The number of esters is 1. The second-order valence-electron chi connectivity index (χ2n) is 6.76. The van der Waals surface area contributed by atoms with Crippen molar-refractivity contribution in [3.63, 3.8) is 0 Å². The topological polar surface area (TPSA) is 79.4 Å². The van der Waals surface area contributed by atoms with Crippen LogP contribution in [0.2, 0.25) is 0 Å². The SMILES string of the molecule is CC(=O)N(C)c1c(I)c(C(=O)OCCN2CCOCC2)c(I)c(N(C)C(C)=O)c1I. The smallest absolute Gasteiger partial charge is 0.340 e. The number of morpholine rings is 1. The van der Waals surface area contributed by atoms with Gasteiger partial charge < -0.3 is 19.3 Å². The molecule has 1 aliphatic rings. The zero-order valence-electron chi connectivity index (χ0n) is 17.3. The summed E-state index contributed by atoms with van der Waals surface area (Å²) < 4.78 is 12.9. The van der Waals surface area contributed by atoms with Crippen LogP contribution in [0, 0.1) is 10.7 Å². The number of hydrogen-bond donors (Lipinski definition) is 0. The molecule has 0 unspecified atom stereocenters. The number of hydrogen-bond acceptors (Lipinski definition) is 6. The van der Waals surface area contributed by atoms with Crippen molar-refractivity contribution >= 4 is 96.9 Å². The van der Waals surface area contributed by atoms with Crippen LogP contribution < -0.4 is 9.80 Å². The van der Waals surface area contributed by atoms with Crippen LogP contribution >= 0.6 is 67.8 Å². The highest BCUT2D eigenvalue weighted by Crippen LogP contribution is 2.42. The van der Waals surface area contributed by atoms with Crippen LogP contribution in [0.4, 0.5) is 11.4 Å². The summed E-state index contributed by atoms with van der Waals surface area (Å²) in [6.45, 7) is 6.80. The molecule has 1 heterocycles. The number of carbonyl (C=O) groups is 3. The number of carbonyl (C=O) groups excluding carboxylic acids is 3. The van der Waals surface area contributed by atoms with Gasteiger partial charge in [0.1, 0.15) is 6.61 Å². The van der Waals surface area contributed by atoms with Gasteiger partial charge in [0.25, 0.3) is 0 Å². The number of nitrogens with zero attached hydrogens (tertiary/aromatic N) is 3. The Hall–Kier alpha value is -0.260. The van der Waals surface area contributed by atoms with Gasteiger partial charge in [-0.3, -0.25) is 14.5 Å². The Morgan fingerprint density at radius 2 is 1.40 bits per heavy atom. The molecule has 2 rings (SSSR count). The van der Waals surface area contributed by atoms with Crippen molar-refractivity contribution < 1.29 is 23.9 Å². The number of rotatable bonds is 6. The third-order valence-electron chi connectivity index (χ3n) is 4.83. The van der Waals surface area contributed by atoms with E-state index in [2.05, 4.69) is 72.7 Å². The standard InChI is InChI=1S/C19H24I3N3O5/c1-11(26)23(3)17-14(20)13(15(21)18(16(17)22)24(4)12(2)27)19(28)30-10-7-25-5-8-29-9-6-25/h5-10H2,1-4H3. The minimum atomic E-state index is -0.468. The van der Waals surface area contributed by atoms with Gasteiger partial charge in [0.15, 0.2) is 0 Å². The molecule has 0 radical (unpaired) electrons. The minimum absolute atomic E-state index is 0.171. The van der Waals surface area contributed by atoms with E-state index < -0.39 is 5.97 Å². The predicted molar refractivity (Wildman–Crippen MR) is 140 cm³/mol. The first-order chi connectivity index (χ1) is 14.1. The molecule has 1 aliphatic heterocycles. The number of amides is 2. The highest BCUT2D eigenvalue weighted by Gasteiger charge is 2.30. The molecule has 0 aliphatic carbocycles. The summed E-state index contributed by atoms with van der Waals surface area (Å²) in [5.74, 6) is -0.810. The van der Waals surface area contributed by atoms with Gasteiger partial charge in [0, 0.05) is 47.6 Å². The second-order valence-corrected chi connectivity index (χ2v) is 10.00. The van der Waals surface area contributed by atoms with Crippen molar-refractivity contribution in [1.29, 1.82) is 0 Å². The quantitative estimate of drug-likeness (QED) is 0.329. The van der Waals surface area contributed by atoms with Gasteiger partial charge in [-0.25, -0.2) is 4.79 Å². The largest absolute Gasteiger partial charge is 0.461 e. The van der Waals surface area contributed by atoms with Gasteiger partial charge in [-0.2, -0.15) is 0 Å². The lowest BCUT2D eigenvalue weighted by Gasteiger charge is -2.28. The first kappa shape index (κ1) is 26.0. The zero-order valence-corrected chi connectivity index (χ0v) is 23.7. The van der Waals surface area contributed by atoms with E-state index in [1.54, 1.807) is 14.1 Å². The highest BCUT2D eigenvalue weighted by atomic mass is 127. The van der Waals surface area contributed by atoms with Crippen LogP contribution in [0.5, 0.6) is 0 Å². The Morgan fingerprint density at radius 1 is 0.933 bits per heavy atom. The molecule has 30 heavy (non-hydrogen) atoms. The third kappa shape index (κ3) is 5.95. The van der Waals surface area contributed by atoms with E-state index in [9.17, 15) is 14.4 Å². The summed E-state index contributed by atoms with van der Waals surface area (Å²) in [6.07, 6.45) is 0. The number of ether oxygens (including phenoxy) is 2. The highest BCUT2D eigenvalue weighted by molar-refractivity contribution is 14.1.